The number of ether oxygens (including phenoxy) is 3. The van der Waals surface area contributed by atoms with Gasteiger partial charge in [0.1, 0.15) is 11.5 Å². The van der Waals surface area contributed by atoms with E-state index >= 15 is 0 Å². The van der Waals surface area contributed by atoms with Crippen LogP contribution in [0, 0.1) is 6.92 Å². The zero-order valence-corrected chi connectivity index (χ0v) is 26.4. The van der Waals surface area contributed by atoms with Gasteiger partial charge < -0.3 is 14.2 Å². The summed E-state index contributed by atoms with van der Waals surface area (Å²) in [5.41, 5.74) is 4.60. The van der Waals surface area contributed by atoms with Gasteiger partial charge >= 0.3 is 5.97 Å². The number of thiazole rings is 1. The second-order valence-corrected chi connectivity index (χ2v) is 11.8. The van der Waals surface area contributed by atoms with Crippen molar-refractivity contribution < 1.29 is 19.0 Å². The first-order valence-electron chi connectivity index (χ1n) is 13.4. The van der Waals surface area contributed by atoms with E-state index in [1.54, 1.807) is 25.7 Å². The van der Waals surface area contributed by atoms with Gasteiger partial charge in [-0.2, -0.15) is 0 Å². The fourth-order valence-electron chi connectivity index (χ4n) is 4.93. The molecule has 2 heterocycles. The molecular formula is C31H35BrN2O5S. The zero-order chi connectivity index (χ0) is 29.1. The van der Waals surface area contributed by atoms with Crippen LogP contribution in [0.4, 0.5) is 0 Å². The van der Waals surface area contributed by atoms with Crippen molar-refractivity contribution in [3.8, 4) is 11.5 Å². The molecule has 0 N–H and O–H groups in total. The number of methoxy groups -OCH3 is 2. The molecular weight excluding hydrogens is 592 g/mol. The zero-order valence-electron chi connectivity index (χ0n) is 24.0. The van der Waals surface area contributed by atoms with Crippen molar-refractivity contribution in [1.29, 1.82) is 0 Å². The molecule has 1 aromatic heterocycles. The molecule has 40 heavy (non-hydrogen) atoms. The Kier molecular flexibility index (Phi) is 9.36. The van der Waals surface area contributed by atoms with Crippen LogP contribution in [0.25, 0.3) is 6.08 Å². The average molecular weight is 628 g/mol. The molecule has 0 saturated heterocycles. The van der Waals surface area contributed by atoms with Crippen LogP contribution < -0.4 is 24.4 Å². The van der Waals surface area contributed by atoms with Crippen LogP contribution in [0.5, 0.6) is 11.5 Å². The molecule has 0 bridgehead atoms. The number of allylic oxidation sites excluding steroid dienone is 1. The van der Waals surface area contributed by atoms with Gasteiger partial charge in [0.2, 0.25) is 0 Å². The fraction of sp³-hybridized carbons (Fsp3) is 0.387. The smallest absolute Gasteiger partial charge is 0.338 e. The molecule has 0 saturated carbocycles. The summed E-state index contributed by atoms with van der Waals surface area (Å²) in [6.07, 6.45) is 3.29. The van der Waals surface area contributed by atoms with Gasteiger partial charge in [-0.15, -0.1) is 0 Å². The quantitative estimate of drug-likeness (QED) is 0.281. The Hall–Kier alpha value is -3.17. The minimum absolute atomic E-state index is 0.209. The summed E-state index contributed by atoms with van der Waals surface area (Å²) >= 11 is 4.90. The number of carbonyl (C=O) groups excluding carboxylic acids is 1. The third-order valence-corrected chi connectivity index (χ3v) is 8.51. The number of hydrogen-bond donors (Lipinski definition) is 0. The summed E-state index contributed by atoms with van der Waals surface area (Å²) in [4.78, 5) is 32.9. The first kappa shape index (κ1) is 29.8. The lowest BCUT2D eigenvalue weighted by molar-refractivity contribution is -0.139. The van der Waals surface area contributed by atoms with Crippen molar-refractivity contribution in [1.82, 2.24) is 4.57 Å². The highest BCUT2D eigenvalue weighted by Crippen LogP contribution is 2.36. The van der Waals surface area contributed by atoms with E-state index in [-0.39, 0.29) is 18.1 Å². The number of aryl methyl sites for hydroxylation is 1. The maximum atomic E-state index is 14.1. The van der Waals surface area contributed by atoms with Crippen LogP contribution in [-0.4, -0.2) is 31.4 Å². The van der Waals surface area contributed by atoms with E-state index in [0.717, 1.165) is 38.9 Å². The third-order valence-electron chi connectivity index (χ3n) is 6.91. The maximum absolute atomic E-state index is 14.1. The van der Waals surface area contributed by atoms with E-state index < -0.39 is 12.0 Å². The first-order valence-corrected chi connectivity index (χ1v) is 15.0. The highest BCUT2D eigenvalue weighted by molar-refractivity contribution is 9.10. The third kappa shape index (κ3) is 5.67. The largest absolute Gasteiger partial charge is 0.496 e. The van der Waals surface area contributed by atoms with Crippen molar-refractivity contribution >= 4 is 39.3 Å². The number of esters is 1. The van der Waals surface area contributed by atoms with E-state index in [9.17, 15) is 9.59 Å². The monoisotopic (exact) mass is 626 g/mol. The molecule has 2 aromatic carbocycles. The highest BCUT2D eigenvalue weighted by atomic mass is 79.9. The Morgan fingerprint density at radius 2 is 1.88 bits per heavy atom. The van der Waals surface area contributed by atoms with E-state index in [4.69, 9.17) is 19.2 Å². The van der Waals surface area contributed by atoms with Crippen molar-refractivity contribution in [3.63, 3.8) is 0 Å². The normalized spacial score (nSPS) is 15.2. The minimum atomic E-state index is -0.690. The number of rotatable bonds is 9. The van der Waals surface area contributed by atoms with Crippen LogP contribution in [0.2, 0.25) is 0 Å². The molecule has 3 aromatic rings. The van der Waals surface area contributed by atoms with Crippen LogP contribution >= 0.6 is 27.3 Å². The predicted molar refractivity (Wildman–Crippen MR) is 162 cm³/mol. The van der Waals surface area contributed by atoms with Gasteiger partial charge in [0.05, 0.1) is 47.1 Å². The highest BCUT2D eigenvalue weighted by Gasteiger charge is 2.34. The van der Waals surface area contributed by atoms with E-state index in [2.05, 4.69) is 35.8 Å². The molecule has 0 aliphatic carbocycles. The summed E-state index contributed by atoms with van der Waals surface area (Å²) in [5.74, 6) is 1.27. The lowest BCUT2D eigenvalue weighted by atomic mass is 9.94. The second kappa shape index (κ2) is 12.6. The molecule has 0 unspecified atom stereocenters. The Balaban J connectivity index is 2.01. The molecule has 0 spiro atoms. The number of carbonyl (C=O) groups is 1. The van der Waals surface area contributed by atoms with E-state index in [1.807, 2.05) is 44.2 Å². The van der Waals surface area contributed by atoms with Gasteiger partial charge in [0.25, 0.3) is 5.56 Å². The summed E-state index contributed by atoms with van der Waals surface area (Å²) in [7, 11) is 3.27. The van der Waals surface area contributed by atoms with Gasteiger partial charge in [-0.3, -0.25) is 9.36 Å². The average Bonchev–Trinajstić information content (AvgIpc) is 3.23. The van der Waals surface area contributed by atoms with E-state index in [1.165, 1.54) is 11.3 Å². The van der Waals surface area contributed by atoms with E-state index in [0.29, 0.717) is 32.8 Å². The Labute approximate surface area is 246 Å². The molecule has 0 radical (unpaired) electrons. The Bertz CT molecular complexity index is 1650. The Morgan fingerprint density at radius 3 is 2.48 bits per heavy atom. The SMILES string of the molecule is CCCC1=C(C(=O)OCC)[C@@H](c2ccc(OC)c(Br)c2)n2c(s/c(=C/c3cc(C(C)C)c(OC)cc3C)c2=O)=N1. The number of aromatic nitrogens is 1. The van der Waals surface area contributed by atoms with Crippen LogP contribution in [0.1, 0.15) is 74.8 Å². The summed E-state index contributed by atoms with van der Waals surface area (Å²) in [6.45, 7) is 10.3. The topological polar surface area (TPSA) is 79.1 Å². The lowest BCUT2D eigenvalue weighted by Gasteiger charge is -2.26. The van der Waals surface area contributed by atoms with Crippen molar-refractivity contribution in [2.45, 2.75) is 59.4 Å². The second-order valence-electron chi connectivity index (χ2n) is 9.91. The maximum Gasteiger partial charge on any atom is 0.338 e. The van der Waals surface area contributed by atoms with Gasteiger partial charge in [-0.1, -0.05) is 44.6 Å². The fourth-order valence-corrected chi connectivity index (χ4v) is 6.50. The molecule has 9 heteroatoms. The number of nitrogens with zero attached hydrogens (tertiary/aromatic N) is 2. The number of halogens is 1. The number of hydrogen-bond acceptors (Lipinski definition) is 7. The molecule has 7 nitrogen and oxygen atoms in total. The standard InChI is InChI=1S/C31H35BrN2O5S/c1-8-10-23-27(30(36)39-9-2)28(19-11-12-24(37-6)22(32)15-19)34-29(35)26(40-31(34)33-23)16-20-14-21(17(3)4)25(38-7)13-18(20)5/h11-17,28H,8-10H2,1-7H3/b26-16+/t28-/m1/s1. The molecule has 212 valence electrons. The molecule has 0 amide bonds. The minimum Gasteiger partial charge on any atom is -0.496 e. The number of benzene rings is 2. The molecule has 1 aliphatic heterocycles. The van der Waals surface area contributed by atoms with Gasteiger partial charge in [-0.25, -0.2) is 9.79 Å². The van der Waals surface area contributed by atoms with Crippen molar-refractivity contribution in [2.75, 3.05) is 20.8 Å². The van der Waals surface area contributed by atoms with Gasteiger partial charge in [-0.05, 0) is 94.7 Å². The Morgan fingerprint density at radius 1 is 1.15 bits per heavy atom. The van der Waals surface area contributed by atoms with Crippen molar-refractivity contribution in [2.24, 2.45) is 4.99 Å². The van der Waals surface area contributed by atoms with Crippen LogP contribution in [0.3, 0.4) is 0 Å². The van der Waals surface area contributed by atoms with Gasteiger partial charge in [0.15, 0.2) is 4.80 Å². The lowest BCUT2D eigenvalue weighted by Crippen LogP contribution is -2.40. The summed E-state index contributed by atoms with van der Waals surface area (Å²) < 4.78 is 19.4. The summed E-state index contributed by atoms with van der Waals surface area (Å²) in [6, 6.07) is 8.99. The molecule has 0 fully saturated rings. The van der Waals surface area contributed by atoms with Gasteiger partial charge in [0, 0.05) is 0 Å². The van der Waals surface area contributed by atoms with Crippen molar-refractivity contribution in [3.05, 3.63) is 88.0 Å². The van der Waals surface area contributed by atoms with Crippen LogP contribution in [0.15, 0.2) is 55.9 Å². The molecule has 1 atom stereocenters. The summed E-state index contributed by atoms with van der Waals surface area (Å²) in [5, 5.41) is 0. The number of fused-ring (bicyclic) bond motifs is 1. The predicted octanol–water partition coefficient (Wildman–Crippen LogP) is 5.79. The van der Waals surface area contributed by atoms with Crippen LogP contribution in [-0.2, 0) is 9.53 Å². The molecule has 4 rings (SSSR count). The first-order chi connectivity index (χ1) is 19.1. The molecule has 1 aliphatic rings.